The van der Waals surface area contributed by atoms with E-state index in [2.05, 4.69) is 36.5 Å². The van der Waals surface area contributed by atoms with Crippen molar-refractivity contribution in [3.8, 4) is 0 Å². The molecule has 0 fully saturated rings. The first-order valence-electron chi connectivity index (χ1n) is 13.6. The van der Waals surface area contributed by atoms with Crippen LogP contribution in [0.3, 0.4) is 0 Å². The number of hydrogen-bond acceptors (Lipinski definition) is 6. The molecule has 38 heavy (non-hydrogen) atoms. The van der Waals surface area contributed by atoms with Crippen LogP contribution < -0.4 is 5.32 Å². The highest BCUT2D eigenvalue weighted by atomic mass is 32.2. The molecule has 7 heteroatoms. The predicted molar refractivity (Wildman–Crippen MR) is 156 cm³/mol. The van der Waals surface area contributed by atoms with E-state index >= 15 is 0 Å². The summed E-state index contributed by atoms with van der Waals surface area (Å²) in [5.74, 6) is -0.0346. The van der Waals surface area contributed by atoms with E-state index in [0.29, 0.717) is 31.0 Å². The Bertz CT molecular complexity index is 1060. The first kappa shape index (κ1) is 31.7. The van der Waals surface area contributed by atoms with Gasteiger partial charge in [0, 0.05) is 11.5 Å². The molecule has 2 atom stereocenters. The molecule has 0 saturated carbocycles. The minimum atomic E-state index is -0.686. The maximum atomic E-state index is 13.6. The lowest BCUT2D eigenvalue weighted by atomic mass is 9.95. The number of hydrogen-bond donors (Lipinski definition) is 1. The number of benzene rings is 2. The maximum Gasteiger partial charge on any atom is 0.329 e. The van der Waals surface area contributed by atoms with Gasteiger partial charge in [-0.25, -0.2) is 4.79 Å². The Hall–Kier alpha value is -2.54. The van der Waals surface area contributed by atoms with Crippen molar-refractivity contribution in [2.45, 2.75) is 85.8 Å². The van der Waals surface area contributed by atoms with Gasteiger partial charge >= 0.3 is 11.9 Å². The fourth-order valence-corrected chi connectivity index (χ4v) is 4.84. The van der Waals surface area contributed by atoms with Crippen molar-refractivity contribution in [1.29, 1.82) is 0 Å². The van der Waals surface area contributed by atoms with Gasteiger partial charge in [0.15, 0.2) is 0 Å². The second-order valence-electron chi connectivity index (χ2n) is 11.7. The number of nitrogens with one attached hydrogen (secondary N) is 1. The van der Waals surface area contributed by atoms with E-state index in [9.17, 15) is 14.4 Å². The van der Waals surface area contributed by atoms with Crippen molar-refractivity contribution in [2.75, 3.05) is 18.1 Å². The number of esters is 2. The zero-order valence-electron chi connectivity index (χ0n) is 24.1. The lowest BCUT2D eigenvalue weighted by Gasteiger charge is -2.26. The molecule has 0 spiro atoms. The van der Waals surface area contributed by atoms with Crippen LogP contribution in [0.4, 0.5) is 0 Å². The number of carbonyl (C=O) groups is 3. The molecule has 0 aliphatic carbocycles. The average molecular weight is 544 g/mol. The zero-order valence-corrected chi connectivity index (χ0v) is 24.9. The smallest absolute Gasteiger partial charge is 0.329 e. The number of fused-ring (bicyclic) bond motifs is 1. The summed E-state index contributed by atoms with van der Waals surface area (Å²) in [5.41, 5.74) is -0.0867. The van der Waals surface area contributed by atoms with E-state index in [-0.39, 0.29) is 17.8 Å². The molecule has 210 valence electrons. The molecular formula is C31H45NO5S. The molecule has 0 aromatic heterocycles. The fourth-order valence-electron chi connectivity index (χ4n) is 3.92. The van der Waals surface area contributed by atoms with E-state index in [1.165, 1.54) is 0 Å². The number of ether oxygens (including phenoxy) is 2. The van der Waals surface area contributed by atoms with Crippen LogP contribution in [0.5, 0.6) is 0 Å². The van der Waals surface area contributed by atoms with Gasteiger partial charge in [0.1, 0.15) is 18.2 Å². The first-order chi connectivity index (χ1) is 17.8. The molecule has 1 amide bonds. The van der Waals surface area contributed by atoms with Crippen molar-refractivity contribution in [3.05, 3.63) is 48.0 Å². The highest BCUT2D eigenvalue weighted by Crippen LogP contribution is 2.24. The van der Waals surface area contributed by atoms with Crippen LogP contribution in [0.2, 0.25) is 0 Å². The molecule has 0 aliphatic heterocycles. The Labute approximate surface area is 232 Å². The Kier molecular flexibility index (Phi) is 12.1. The molecule has 2 aromatic carbocycles. The van der Waals surface area contributed by atoms with Gasteiger partial charge in [-0.3, -0.25) is 9.59 Å². The van der Waals surface area contributed by atoms with E-state index in [4.69, 9.17) is 9.47 Å². The van der Waals surface area contributed by atoms with Crippen LogP contribution >= 0.6 is 11.8 Å². The average Bonchev–Trinajstić information content (AvgIpc) is 2.83. The molecule has 0 aliphatic rings. The van der Waals surface area contributed by atoms with Gasteiger partial charge in [-0.2, -0.15) is 11.8 Å². The second-order valence-corrected chi connectivity index (χ2v) is 12.9. The van der Waals surface area contributed by atoms with E-state index in [0.717, 1.165) is 29.2 Å². The summed E-state index contributed by atoms with van der Waals surface area (Å²) in [4.78, 5) is 38.6. The Balaban J connectivity index is 2.17. The summed E-state index contributed by atoms with van der Waals surface area (Å²) in [6.45, 7) is 13.3. The minimum Gasteiger partial charge on any atom is -0.464 e. The van der Waals surface area contributed by atoms with Crippen LogP contribution in [0, 0.1) is 11.3 Å². The summed E-state index contributed by atoms with van der Waals surface area (Å²) in [6.07, 6.45) is 2.80. The van der Waals surface area contributed by atoms with Gasteiger partial charge in [-0.15, -0.1) is 0 Å². The SMILES string of the molecule is CCCC[C@H](NC(=O)[C@@H](CSCCOC(=O)C(C)(C)C)Cc1cccc2ccccc12)C(=O)OC(C)(C)C. The van der Waals surface area contributed by atoms with Crippen molar-refractivity contribution < 1.29 is 23.9 Å². The van der Waals surface area contributed by atoms with Crippen LogP contribution in [0.15, 0.2) is 42.5 Å². The lowest BCUT2D eigenvalue weighted by Crippen LogP contribution is -2.47. The molecule has 0 unspecified atom stereocenters. The molecular weight excluding hydrogens is 498 g/mol. The van der Waals surface area contributed by atoms with Gasteiger partial charge in [-0.05, 0) is 70.7 Å². The van der Waals surface area contributed by atoms with Crippen molar-refractivity contribution in [1.82, 2.24) is 5.32 Å². The third-order valence-corrected chi connectivity index (χ3v) is 7.06. The molecule has 0 radical (unpaired) electrons. The summed E-state index contributed by atoms with van der Waals surface area (Å²) in [7, 11) is 0. The fraction of sp³-hybridized carbons (Fsp3) is 0.581. The number of unbranched alkanes of at least 4 members (excludes halogenated alkanes) is 1. The normalized spacial score (nSPS) is 13.6. The van der Waals surface area contributed by atoms with Gasteiger partial charge < -0.3 is 14.8 Å². The van der Waals surface area contributed by atoms with Crippen LogP contribution in [-0.2, 0) is 30.3 Å². The van der Waals surface area contributed by atoms with Crippen LogP contribution in [-0.4, -0.2) is 47.6 Å². The summed E-state index contributed by atoms with van der Waals surface area (Å²) in [6, 6.07) is 13.6. The van der Waals surface area contributed by atoms with E-state index < -0.39 is 23.0 Å². The van der Waals surface area contributed by atoms with Gasteiger partial charge in [0.2, 0.25) is 5.91 Å². The van der Waals surface area contributed by atoms with Crippen molar-refractivity contribution in [2.24, 2.45) is 11.3 Å². The highest BCUT2D eigenvalue weighted by molar-refractivity contribution is 7.99. The Morgan fingerprint density at radius 2 is 1.66 bits per heavy atom. The van der Waals surface area contributed by atoms with Gasteiger partial charge in [0.25, 0.3) is 0 Å². The monoisotopic (exact) mass is 543 g/mol. The summed E-state index contributed by atoms with van der Waals surface area (Å²) in [5, 5.41) is 5.25. The molecule has 2 rings (SSSR count). The van der Waals surface area contributed by atoms with Gasteiger partial charge in [0.05, 0.1) is 11.3 Å². The molecule has 0 saturated heterocycles. The Morgan fingerprint density at radius 3 is 2.32 bits per heavy atom. The highest BCUT2D eigenvalue weighted by Gasteiger charge is 2.29. The standard InChI is InChI=1S/C31H45NO5S/c1-8-9-17-26(28(34)37-31(5,6)7)32-27(33)24(21-38-19-18-36-29(35)30(2,3)4)20-23-15-12-14-22-13-10-11-16-25(22)23/h10-16,24,26H,8-9,17-21H2,1-7H3,(H,32,33)/t24-,26+/m1/s1. The second kappa shape index (κ2) is 14.6. The molecule has 6 nitrogen and oxygen atoms in total. The Morgan fingerprint density at radius 1 is 0.974 bits per heavy atom. The lowest BCUT2D eigenvalue weighted by molar-refractivity contribution is -0.159. The third-order valence-electron chi connectivity index (χ3n) is 5.96. The molecule has 0 heterocycles. The number of carbonyl (C=O) groups excluding carboxylic acids is 3. The van der Waals surface area contributed by atoms with E-state index in [1.807, 2.05) is 59.7 Å². The molecule has 1 N–H and O–H groups in total. The predicted octanol–water partition coefficient (Wildman–Crippen LogP) is 6.34. The largest absolute Gasteiger partial charge is 0.464 e. The summed E-state index contributed by atoms with van der Waals surface area (Å²) < 4.78 is 11.0. The minimum absolute atomic E-state index is 0.163. The van der Waals surface area contributed by atoms with Crippen LogP contribution in [0.1, 0.15) is 73.3 Å². The zero-order chi connectivity index (χ0) is 28.3. The number of thioether (sulfide) groups is 1. The number of rotatable bonds is 13. The summed E-state index contributed by atoms with van der Waals surface area (Å²) >= 11 is 1.58. The third kappa shape index (κ3) is 10.7. The topological polar surface area (TPSA) is 81.7 Å². The van der Waals surface area contributed by atoms with E-state index in [1.54, 1.807) is 11.8 Å². The quantitative estimate of drug-likeness (QED) is 0.235. The van der Waals surface area contributed by atoms with Gasteiger partial charge in [-0.1, -0.05) is 62.2 Å². The maximum absolute atomic E-state index is 13.6. The van der Waals surface area contributed by atoms with Crippen molar-refractivity contribution >= 4 is 40.4 Å². The number of amides is 1. The molecule has 2 aromatic rings. The first-order valence-corrected chi connectivity index (χ1v) is 14.7. The molecule has 0 bridgehead atoms. The van der Waals surface area contributed by atoms with Crippen LogP contribution in [0.25, 0.3) is 10.8 Å². The van der Waals surface area contributed by atoms with Crippen molar-refractivity contribution in [3.63, 3.8) is 0 Å².